The SMILES string of the molecule is COC(=O)C(NC(=O)c1cc2sccc2n1C(C)C)C(C)C. The van der Waals surface area contributed by atoms with E-state index in [0.29, 0.717) is 5.69 Å². The molecule has 2 aromatic heterocycles. The lowest BCUT2D eigenvalue weighted by Crippen LogP contribution is -2.45. The second kappa shape index (κ2) is 6.52. The van der Waals surface area contributed by atoms with Crippen LogP contribution in [0.4, 0.5) is 0 Å². The molecule has 2 aromatic rings. The minimum absolute atomic E-state index is 0.0417. The van der Waals surface area contributed by atoms with Crippen LogP contribution in [0.5, 0.6) is 0 Å². The molecule has 1 N–H and O–H groups in total. The maximum Gasteiger partial charge on any atom is 0.328 e. The summed E-state index contributed by atoms with van der Waals surface area (Å²) in [5, 5.41) is 4.81. The molecule has 0 aromatic carbocycles. The van der Waals surface area contributed by atoms with Gasteiger partial charge in [-0.15, -0.1) is 11.3 Å². The number of hydrogen-bond acceptors (Lipinski definition) is 4. The first kappa shape index (κ1) is 16.5. The molecule has 0 radical (unpaired) electrons. The minimum Gasteiger partial charge on any atom is -0.467 e. The van der Waals surface area contributed by atoms with Crippen molar-refractivity contribution in [3.8, 4) is 0 Å². The molecule has 0 spiro atoms. The van der Waals surface area contributed by atoms with E-state index in [2.05, 4.69) is 5.32 Å². The Morgan fingerprint density at radius 2 is 1.95 bits per heavy atom. The van der Waals surface area contributed by atoms with Crippen LogP contribution in [0, 0.1) is 5.92 Å². The summed E-state index contributed by atoms with van der Waals surface area (Å²) in [4.78, 5) is 24.5. The number of esters is 1. The maximum atomic E-state index is 12.6. The van der Waals surface area contributed by atoms with Gasteiger partial charge in [-0.25, -0.2) is 4.79 Å². The maximum absolute atomic E-state index is 12.6. The van der Waals surface area contributed by atoms with Gasteiger partial charge in [0.1, 0.15) is 11.7 Å². The van der Waals surface area contributed by atoms with Gasteiger partial charge in [-0.1, -0.05) is 13.8 Å². The van der Waals surface area contributed by atoms with Crippen LogP contribution in [0.15, 0.2) is 17.5 Å². The normalized spacial score (nSPS) is 12.9. The van der Waals surface area contributed by atoms with Crippen LogP contribution in [0.1, 0.15) is 44.2 Å². The highest BCUT2D eigenvalue weighted by atomic mass is 32.1. The molecular weight excluding hydrogens is 300 g/mol. The van der Waals surface area contributed by atoms with E-state index in [9.17, 15) is 9.59 Å². The van der Waals surface area contributed by atoms with Gasteiger partial charge in [-0.05, 0) is 37.3 Å². The molecule has 0 aliphatic carbocycles. The van der Waals surface area contributed by atoms with E-state index in [0.717, 1.165) is 10.2 Å². The standard InChI is InChI=1S/C16H22N2O3S/c1-9(2)14(16(20)21-5)17-15(19)12-8-13-11(6-7-22-13)18(12)10(3)4/h6-10,14H,1-5H3,(H,17,19). The third kappa shape index (κ3) is 3.02. The summed E-state index contributed by atoms with van der Waals surface area (Å²) < 4.78 is 7.84. The smallest absolute Gasteiger partial charge is 0.328 e. The van der Waals surface area contributed by atoms with E-state index in [-0.39, 0.29) is 17.9 Å². The van der Waals surface area contributed by atoms with Crippen molar-refractivity contribution in [3.05, 3.63) is 23.2 Å². The molecule has 0 bridgehead atoms. The van der Waals surface area contributed by atoms with Gasteiger partial charge in [0.25, 0.3) is 5.91 Å². The molecular formula is C16H22N2O3S. The fourth-order valence-electron chi connectivity index (χ4n) is 2.52. The number of nitrogens with zero attached hydrogens (tertiary/aromatic N) is 1. The number of methoxy groups -OCH3 is 1. The highest BCUT2D eigenvalue weighted by molar-refractivity contribution is 7.17. The Balaban J connectivity index is 2.34. The van der Waals surface area contributed by atoms with E-state index in [4.69, 9.17) is 4.74 Å². The average Bonchev–Trinajstić information content (AvgIpc) is 3.02. The molecule has 0 fully saturated rings. The van der Waals surface area contributed by atoms with Crippen molar-refractivity contribution in [1.82, 2.24) is 9.88 Å². The quantitative estimate of drug-likeness (QED) is 0.860. The summed E-state index contributed by atoms with van der Waals surface area (Å²) >= 11 is 1.60. The molecule has 6 heteroatoms. The number of rotatable bonds is 5. The lowest BCUT2D eigenvalue weighted by Gasteiger charge is -2.21. The highest BCUT2D eigenvalue weighted by Gasteiger charge is 2.27. The van der Waals surface area contributed by atoms with Crippen LogP contribution < -0.4 is 5.32 Å². The molecule has 0 aliphatic rings. The summed E-state index contributed by atoms with van der Waals surface area (Å²) in [5.74, 6) is -0.714. The lowest BCUT2D eigenvalue weighted by atomic mass is 10.0. The summed E-state index contributed by atoms with van der Waals surface area (Å²) in [6.07, 6.45) is 0. The lowest BCUT2D eigenvalue weighted by molar-refractivity contribution is -0.144. The predicted molar refractivity (Wildman–Crippen MR) is 88.3 cm³/mol. The van der Waals surface area contributed by atoms with Crippen molar-refractivity contribution in [3.63, 3.8) is 0 Å². The highest BCUT2D eigenvalue weighted by Crippen LogP contribution is 2.28. The molecule has 2 heterocycles. The summed E-state index contributed by atoms with van der Waals surface area (Å²) in [6, 6.07) is 3.40. The van der Waals surface area contributed by atoms with Crippen LogP contribution in [-0.2, 0) is 9.53 Å². The fraction of sp³-hybridized carbons (Fsp3) is 0.500. The molecule has 1 atom stereocenters. The monoisotopic (exact) mass is 322 g/mol. The van der Waals surface area contributed by atoms with Crippen molar-refractivity contribution in [1.29, 1.82) is 0 Å². The van der Waals surface area contributed by atoms with Crippen molar-refractivity contribution in [2.24, 2.45) is 5.92 Å². The average molecular weight is 322 g/mol. The number of ether oxygens (including phenoxy) is 1. The van der Waals surface area contributed by atoms with Gasteiger partial charge in [0.2, 0.25) is 0 Å². The van der Waals surface area contributed by atoms with Crippen molar-refractivity contribution in [2.45, 2.75) is 39.8 Å². The molecule has 22 heavy (non-hydrogen) atoms. The van der Waals surface area contributed by atoms with Crippen LogP contribution in [0.2, 0.25) is 0 Å². The third-order valence-electron chi connectivity index (χ3n) is 3.62. The predicted octanol–water partition coefficient (Wildman–Crippen LogP) is 3.21. The minimum atomic E-state index is -0.647. The van der Waals surface area contributed by atoms with Gasteiger partial charge in [-0.3, -0.25) is 4.79 Å². The first-order valence-corrected chi connectivity index (χ1v) is 8.21. The van der Waals surface area contributed by atoms with Crippen molar-refractivity contribution >= 4 is 33.4 Å². The number of thiophene rings is 1. The molecule has 0 aliphatic heterocycles. The summed E-state index contributed by atoms with van der Waals surface area (Å²) in [7, 11) is 1.33. The Morgan fingerprint density at radius 1 is 1.27 bits per heavy atom. The van der Waals surface area contributed by atoms with E-state index < -0.39 is 12.0 Å². The second-order valence-electron chi connectivity index (χ2n) is 5.88. The van der Waals surface area contributed by atoms with Gasteiger partial charge in [0, 0.05) is 6.04 Å². The number of carbonyl (C=O) groups excluding carboxylic acids is 2. The van der Waals surface area contributed by atoms with E-state index in [1.165, 1.54) is 7.11 Å². The largest absolute Gasteiger partial charge is 0.467 e. The van der Waals surface area contributed by atoms with Crippen molar-refractivity contribution < 1.29 is 14.3 Å². The Morgan fingerprint density at radius 3 is 2.50 bits per heavy atom. The van der Waals surface area contributed by atoms with Crippen LogP contribution >= 0.6 is 11.3 Å². The molecule has 0 saturated heterocycles. The molecule has 1 unspecified atom stereocenters. The zero-order valence-electron chi connectivity index (χ0n) is 13.5. The van der Waals surface area contributed by atoms with Gasteiger partial charge in [-0.2, -0.15) is 0 Å². The first-order chi connectivity index (χ1) is 10.4. The third-order valence-corrected chi connectivity index (χ3v) is 4.47. The zero-order chi connectivity index (χ0) is 16.4. The molecule has 120 valence electrons. The number of nitrogens with one attached hydrogen (secondary N) is 1. The van der Waals surface area contributed by atoms with E-state index in [1.54, 1.807) is 11.3 Å². The van der Waals surface area contributed by atoms with Crippen LogP contribution in [0.3, 0.4) is 0 Å². The Kier molecular flexibility index (Phi) is 4.90. The fourth-order valence-corrected chi connectivity index (χ4v) is 3.33. The Labute approximate surface area is 134 Å². The van der Waals surface area contributed by atoms with Gasteiger partial charge < -0.3 is 14.6 Å². The first-order valence-electron chi connectivity index (χ1n) is 7.34. The molecule has 2 rings (SSSR count). The molecule has 0 saturated carbocycles. The van der Waals surface area contributed by atoms with Crippen molar-refractivity contribution in [2.75, 3.05) is 7.11 Å². The summed E-state index contributed by atoms with van der Waals surface area (Å²) in [6.45, 7) is 7.83. The number of aromatic nitrogens is 1. The van der Waals surface area contributed by atoms with E-state index in [1.807, 2.05) is 49.8 Å². The topological polar surface area (TPSA) is 60.3 Å². The second-order valence-corrected chi connectivity index (χ2v) is 6.83. The Hall–Kier alpha value is -1.82. The number of amides is 1. The summed E-state index contributed by atoms with van der Waals surface area (Å²) in [5.41, 5.74) is 1.62. The van der Waals surface area contributed by atoms with Crippen LogP contribution in [0.25, 0.3) is 10.2 Å². The van der Waals surface area contributed by atoms with Crippen LogP contribution in [-0.4, -0.2) is 29.6 Å². The van der Waals surface area contributed by atoms with Gasteiger partial charge >= 0.3 is 5.97 Å². The van der Waals surface area contributed by atoms with Gasteiger partial charge in [0.05, 0.1) is 17.3 Å². The van der Waals surface area contributed by atoms with E-state index >= 15 is 0 Å². The van der Waals surface area contributed by atoms with Gasteiger partial charge in [0.15, 0.2) is 0 Å². The molecule has 5 nitrogen and oxygen atoms in total. The zero-order valence-corrected chi connectivity index (χ0v) is 14.4. The molecule has 1 amide bonds. The number of hydrogen-bond donors (Lipinski definition) is 1. The number of carbonyl (C=O) groups is 2. The Bertz CT molecular complexity index is 685. The number of fused-ring (bicyclic) bond motifs is 1.